The highest BCUT2D eigenvalue weighted by Crippen LogP contribution is 2.26. The Morgan fingerprint density at radius 3 is 2.06 bits per heavy atom. The summed E-state index contributed by atoms with van der Waals surface area (Å²) < 4.78 is 27.6. The second-order valence-corrected chi connectivity index (χ2v) is 8.90. The van der Waals surface area contributed by atoms with E-state index in [0.29, 0.717) is 6.42 Å². The lowest BCUT2D eigenvalue weighted by molar-refractivity contribution is -0.384. The smallest absolute Gasteiger partial charge is 0.269 e. The van der Waals surface area contributed by atoms with E-state index in [1.165, 1.54) is 36.4 Å². The van der Waals surface area contributed by atoms with Gasteiger partial charge in [0.25, 0.3) is 15.7 Å². The van der Waals surface area contributed by atoms with Crippen molar-refractivity contribution in [2.24, 2.45) is 0 Å². The van der Waals surface area contributed by atoms with Crippen molar-refractivity contribution in [3.8, 4) is 0 Å². The number of nitro groups is 1. The van der Waals surface area contributed by atoms with Gasteiger partial charge in [-0.2, -0.15) is 0 Å². The normalized spacial score (nSPS) is 12.0. The third-order valence-corrected chi connectivity index (χ3v) is 6.70. The third kappa shape index (κ3) is 5.30. The van der Waals surface area contributed by atoms with E-state index in [1.54, 1.807) is 18.2 Å². The first kappa shape index (κ1) is 23.0. The predicted octanol–water partition coefficient (Wildman–Crippen LogP) is 4.06. The molecule has 9 heteroatoms. The molecule has 0 fully saturated rings. The molecule has 32 heavy (non-hydrogen) atoms. The predicted molar refractivity (Wildman–Crippen MR) is 122 cm³/mol. The van der Waals surface area contributed by atoms with Crippen molar-refractivity contribution in [2.45, 2.75) is 24.3 Å². The van der Waals surface area contributed by atoms with Gasteiger partial charge in [-0.1, -0.05) is 55.5 Å². The van der Waals surface area contributed by atoms with Crippen molar-refractivity contribution in [3.63, 3.8) is 0 Å². The van der Waals surface area contributed by atoms with Crippen molar-refractivity contribution in [1.82, 2.24) is 5.32 Å². The SMILES string of the molecule is CC[C@@H](NC(=O)CN(c1ccc([N+](=O)[O-])cc1)S(=O)(=O)c1ccccc1)c1ccccc1. The summed E-state index contributed by atoms with van der Waals surface area (Å²) in [5.74, 6) is -0.487. The molecular formula is C23H23N3O5S. The van der Waals surface area contributed by atoms with Gasteiger partial charge in [-0.05, 0) is 36.2 Å². The summed E-state index contributed by atoms with van der Waals surface area (Å²) in [7, 11) is -4.09. The highest BCUT2D eigenvalue weighted by molar-refractivity contribution is 7.92. The van der Waals surface area contributed by atoms with Gasteiger partial charge in [0.1, 0.15) is 6.54 Å². The van der Waals surface area contributed by atoms with Crippen LogP contribution >= 0.6 is 0 Å². The van der Waals surface area contributed by atoms with Crippen LogP contribution in [0.1, 0.15) is 24.9 Å². The molecule has 0 saturated carbocycles. The minimum atomic E-state index is -4.09. The van der Waals surface area contributed by atoms with Crippen LogP contribution in [0.15, 0.2) is 89.8 Å². The molecule has 166 valence electrons. The largest absolute Gasteiger partial charge is 0.348 e. The topological polar surface area (TPSA) is 110 Å². The summed E-state index contributed by atoms with van der Waals surface area (Å²) in [6, 6.07) is 21.9. The maximum atomic E-state index is 13.3. The number of nitrogens with zero attached hydrogens (tertiary/aromatic N) is 2. The maximum absolute atomic E-state index is 13.3. The van der Waals surface area contributed by atoms with E-state index in [-0.39, 0.29) is 22.3 Å². The Morgan fingerprint density at radius 1 is 0.969 bits per heavy atom. The fraction of sp³-hybridized carbons (Fsp3) is 0.174. The molecule has 8 nitrogen and oxygen atoms in total. The van der Waals surface area contributed by atoms with Crippen LogP contribution in [0.5, 0.6) is 0 Å². The number of carbonyl (C=O) groups is 1. The van der Waals surface area contributed by atoms with Gasteiger partial charge in [-0.3, -0.25) is 19.2 Å². The first-order chi connectivity index (χ1) is 15.3. The molecule has 1 amide bonds. The number of rotatable bonds is 9. The Bertz CT molecular complexity index is 1170. The molecule has 3 rings (SSSR count). The fourth-order valence-electron chi connectivity index (χ4n) is 3.25. The second kappa shape index (κ2) is 10.1. The summed E-state index contributed by atoms with van der Waals surface area (Å²) in [6.07, 6.45) is 0.624. The molecule has 0 aliphatic carbocycles. The van der Waals surface area contributed by atoms with E-state index < -0.39 is 27.4 Å². The number of sulfonamides is 1. The van der Waals surface area contributed by atoms with E-state index in [0.717, 1.165) is 9.87 Å². The molecule has 0 aliphatic rings. The highest BCUT2D eigenvalue weighted by atomic mass is 32.2. The molecular weight excluding hydrogens is 430 g/mol. The lowest BCUT2D eigenvalue weighted by atomic mass is 10.0. The Morgan fingerprint density at radius 2 is 1.53 bits per heavy atom. The van der Waals surface area contributed by atoms with Gasteiger partial charge in [0.2, 0.25) is 5.91 Å². The molecule has 3 aromatic rings. The van der Waals surface area contributed by atoms with Gasteiger partial charge in [0.05, 0.1) is 21.5 Å². The monoisotopic (exact) mass is 453 g/mol. The second-order valence-electron chi connectivity index (χ2n) is 7.04. The van der Waals surface area contributed by atoms with Gasteiger partial charge >= 0.3 is 0 Å². The van der Waals surface area contributed by atoms with E-state index in [9.17, 15) is 23.3 Å². The minimum Gasteiger partial charge on any atom is -0.348 e. The molecule has 0 aliphatic heterocycles. The number of amides is 1. The summed E-state index contributed by atoms with van der Waals surface area (Å²) in [6.45, 7) is 1.45. The quantitative estimate of drug-likeness (QED) is 0.388. The zero-order valence-electron chi connectivity index (χ0n) is 17.4. The summed E-state index contributed by atoms with van der Waals surface area (Å²) in [5, 5.41) is 13.9. The number of anilines is 1. The summed E-state index contributed by atoms with van der Waals surface area (Å²) in [4.78, 5) is 23.3. The van der Waals surface area contributed by atoms with Crippen LogP contribution < -0.4 is 9.62 Å². The number of non-ortho nitro benzene ring substituents is 1. The van der Waals surface area contributed by atoms with Crippen LogP contribution in [0, 0.1) is 10.1 Å². The van der Waals surface area contributed by atoms with Gasteiger partial charge < -0.3 is 5.32 Å². The molecule has 0 spiro atoms. The summed E-state index contributed by atoms with van der Waals surface area (Å²) >= 11 is 0. The Balaban J connectivity index is 1.92. The molecule has 0 heterocycles. The first-order valence-corrected chi connectivity index (χ1v) is 11.4. The highest BCUT2D eigenvalue weighted by Gasteiger charge is 2.28. The van der Waals surface area contributed by atoms with Gasteiger partial charge in [-0.15, -0.1) is 0 Å². The van der Waals surface area contributed by atoms with Crippen molar-refractivity contribution in [2.75, 3.05) is 10.8 Å². The molecule has 3 aromatic carbocycles. The summed E-state index contributed by atoms with van der Waals surface area (Å²) in [5.41, 5.74) is 0.893. The van der Waals surface area contributed by atoms with Crippen molar-refractivity contribution in [3.05, 3.63) is 101 Å². The van der Waals surface area contributed by atoms with Crippen LogP contribution in [0.25, 0.3) is 0 Å². The molecule has 0 saturated heterocycles. The molecule has 0 unspecified atom stereocenters. The fourth-order valence-corrected chi connectivity index (χ4v) is 4.69. The first-order valence-electron chi connectivity index (χ1n) is 9.99. The van der Waals surface area contributed by atoms with Gasteiger partial charge in [0.15, 0.2) is 0 Å². The lowest BCUT2D eigenvalue weighted by Gasteiger charge is -2.25. The van der Waals surface area contributed by atoms with Crippen molar-refractivity contribution < 1.29 is 18.1 Å². The van der Waals surface area contributed by atoms with Crippen LogP contribution in [-0.2, 0) is 14.8 Å². The molecule has 0 radical (unpaired) electrons. The number of carbonyl (C=O) groups excluding carboxylic acids is 1. The number of hydrogen-bond donors (Lipinski definition) is 1. The average molecular weight is 454 g/mol. The number of nitro benzene ring substituents is 1. The Labute approximate surface area is 186 Å². The molecule has 0 bridgehead atoms. The van der Waals surface area contributed by atoms with E-state index in [2.05, 4.69) is 5.32 Å². The van der Waals surface area contributed by atoms with Crippen LogP contribution in [0.4, 0.5) is 11.4 Å². The Kier molecular flexibility index (Phi) is 7.21. The number of nitrogens with one attached hydrogen (secondary N) is 1. The van der Waals surface area contributed by atoms with Crippen molar-refractivity contribution in [1.29, 1.82) is 0 Å². The lowest BCUT2D eigenvalue weighted by Crippen LogP contribution is -2.42. The zero-order chi connectivity index (χ0) is 23.1. The van der Waals surface area contributed by atoms with Gasteiger partial charge in [-0.25, -0.2) is 8.42 Å². The van der Waals surface area contributed by atoms with E-state index >= 15 is 0 Å². The van der Waals surface area contributed by atoms with Crippen LogP contribution in [-0.4, -0.2) is 25.8 Å². The maximum Gasteiger partial charge on any atom is 0.269 e. The zero-order valence-corrected chi connectivity index (χ0v) is 18.2. The van der Waals surface area contributed by atoms with Crippen LogP contribution in [0.3, 0.4) is 0 Å². The average Bonchev–Trinajstić information content (AvgIpc) is 2.82. The van der Waals surface area contributed by atoms with E-state index in [4.69, 9.17) is 0 Å². The standard InChI is InChI=1S/C23H23N3O5S/c1-2-22(18-9-5-3-6-10-18)24-23(27)17-25(19-13-15-20(16-14-19)26(28)29)32(30,31)21-11-7-4-8-12-21/h3-16,22H,2,17H2,1H3,(H,24,27)/t22-/m1/s1. The minimum absolute atomic E-state index is 0.0150. The molecule has 1 N–H and O–H groups in total. The third-order valence-electron chi connectivity index (χ3n) is 4.91. The number of hydrogen-bond acceptors (Lipinski definition) is 5. The van der Waals surface area contributed by atoms with Gasteiger partial charge in [0, 0.05) is 12.1 Å². The van der Waals surface area contributed by atoms with Crippen molar-refractivity contribution >= 4 is 27.3 Å². The molecule has 1 atom stereocenters. The number of benzene rings is 3. The van der Waals surface area contributed by atoms with E-state index in [1.807, 2.05) is 37.3 Å². The molecule has 0 aromatic heterocycles. The van der Waals surface area contributed by atoms with Crippen LogP contribution in [0.2, 0.25) is 0 Å². The Hall–Kier alpha value is -3.72.